The van der Waals surface area contributed by atoms with Crippen molar-refractivity contribution >= 4 is 15.2 Å². The van der Waals surface area contributed by atoms with Crippen LogP contribution in [0.4, 0.5) is 0 Å². The second kappa shape index (κ2) is 6.83. The van der Waals surface area contributed by atoms with Crippen LogP contribution in [0.15, 0.2) is 0 Å². The maximum absolute atomic E-state index is 10.7. The summed E-state index contributed by atoms with van der Waals surface area (Å²) in [4.78, 5) is 34.3. The molecule has 0 rings (SSSR count). The Morgan fingerprint density at radius 2 is 1.60 bits per heavy atom. The van der Waals surface area contributed by atoms with Gasteiger partial charge in [0.2, 0.25) is 0 Å². The molecule has 6 N–H and O–H groups in total. The van der Waals surface area contributed by atoms with Crippen molar-refractivity contribution in [1.82, 2.24) is 5.32 Å². The summed E-state index contributed by atoms with van der Waals surface area (Å²) in [6, 6.07) is 0. The summed E-state index contributed by atoms with van der Waals surface area (Å²) in [5.41, 5.74) is 0. The molecule has 88 valence electrons. The van der Waals surface area contributed by atoms with Crippen molar-refractivity contribution in [1.29, 1.82) is 0 Å². The summed E-state index contributed by atoms with van der Waals surface area (Å²) in [5, 5.41) is 11.1. The smallest absolute Gasteiger partial charge is 1.00 e. The topological polar surface area (TPSA) is 147 Å². The maximum atomic E-state index is 10.7. The number of aliphatic hydroxyl groups excluding tert-OH is 1. The van der Waals surface area contributed by atoms with E-state index in [2.05, 4.69) is 5.32 Å². The molecule has 0 fully saturated rings. The zero-order valence-corrected chi connectivity index (χ0v) is 12.1. The number of nitrogens with one attached hydrogen (secondary N) is 1. The Morgan fingerprint density at radius 1 is 1.20 bits per heavy atom. The third-order valence-electron chi connectivity index (χ3n) is 1.56. The van der Waals surface area contributed by atoms with E-state index in [4.69, 9.17) is 24.7 Å². The quantitative estimate of drug-likeness (QED) is 0.218. The van der Waals surface area contributed by atoms with Crippen LogP contribution in [-0.2, 0) is 9.13 Å². The van der Waals surface area contributed by atoms with Crippen molar-refractivity contribution in [3.8, 4) is 0 Å². The zero-order valence-electron chi connectivity index (χ0n) is 9.31. The minimum atomic E-state index is -4.72. The number of hydrogen-bond acceptors (Lipinski definition) is 4. The molecule has 0 aromatic rings. The standard InChI is InChI=1S/C4H13NO7P2.Na.H/c1-5-3(13(7,8)9)2-4(6)14(10,11)12;;/h3-6H,2H2,1H3,(H2,7,8,9)(H2,10,11,12);;/q;+1;-1. The van der Waals surface area contributed by atoms with E-state index < -0.39 is 33.2 Å². The molecule has 0 saturated heterocycles. The SMILES string of the molecule is CNC(CC(O)P(=O)(O)O)P(=O)(O)O.[H-].[Na+]. The minimum absolute atomic E-state index is 0. The molecule has 0 bridgehead atoms. The number of rotatable bonds is 5. The largest absolute Gasteiger partial charge is 1.00 e. The predicted octanol–water partition coefficient (Wildman–Crippen LogP) is -4.29. The van der Waals surface area contributed by atoms with Crippen LogP contribution in [0.25, 0.3) is 0 Å². The van der Waals surface area contributed by atoms with Crippen molar-refractivity contribution in [3.63, 3.8) is 0 Å². The molecule has 2 unspecified atom stereocenters. The van der Waals surface area contributed by atoms with Gasteiger partial charge in [0.05, 0.1) is 0 Å². The molecule has 8 nitrogen and oxygen atoms in total. The normalized spacial score (nSPS) is 16.7. The molecule has 0 spiro atoms. The maximum Gasteiger partial charge on any atom is 1.00 e. The second-order valence-electron chi connectivity index (χ2n) is 2.70. The predicted molar refractivity (Wildman–Crippen MR) is 48.7 cm³/mol. The molecule has 15 heavy (non-hydrogen) atoms. The van der Waals surface area contributed by atoms with E-state index in [1.54, 1.807) is 0 Å². The molecule has 0 saturated carbocycles. The van der Waals surface area contributed by atoms with E-state index in [0.717, 1.165) is 0 Å². The Hall–Kier alpha value is 1.22. The first-order valence-electron chi connectivity index (χ1n) is 3.54. The summed E-state index contributed by atoms with van der Waals surface area (Å²) in [5.74, 6) is -3.54. The molecule has 11 heteroatoms. The van der Waals surface area contributed by atoms with Crippen molar-refractivity contribution in [2.24, 2.45) is 0 Å². The van der Waals surface area contributed by atoms with Gasteiger partial charge in [0.1, 0.15) is 5.78 Å². The Balaban J connectivity index is -0.000000845. The van der Waals surface area contributed by atoms with Crippen molar-refractivity contribution in [3.05, 3.63) is 0 Å². The third kappa shape index (κ3) is 7.20. The van der Waals surface area contributed by atoms with E-state index in [1.165, 1.54) is 7.05 Å². The van der Waals surface area contributed by atoms with Crippen LogP contribution >= 0.6 is 15.2 Å². The molecular formula is C4H14NNaO7P2. The molecule has 0 amide bonds. The Kier molecular flexibility index (Phi) is 8.47. The van der Waals surface area contributed by atoms with Crippen LogP contribution in [0, 0.1) is 0 Å². The van der Waals surface area contributed by atoms with Gasteiger partial charge in [-0.15, -0.1) is 0 Å². The first-order chi connectivity index (χ1) is 6.09. The van der Waals surface area contributed by atoms with Gasteiger partial charge < -0.3 is 31.4 Å². The minimum Gasteiger partial charge on any atom is -1.00 e. The summed E-state index contributed by atoms with van der Waals surface area (Å²) in [6.45, 7) is 0. The Bertz CT molecular complexity index is 280. The molecular weight excluding hydrogens is 259 g/mol. The van der Waals surface area contributed by atoms with Gasteiger partial charge in [-0.2, -0.15) is 0 Å². The van der Waals surface area contributed by atoms with Gasteiger partial charge >= 0.3 is 44.7 Å². The summed E-state index contributed by atoms with van der Waals surface area (Å²) < 4.78 is 21.2. The van der Waals surface area contributed by atoms with Gasteiger partial charge in [-0.3, -0.25) is 9.13 Å². The number of hydrogen-bond donors (Lipinski definition) is 6. The molecule has 0 aromatic carbocycles. The van der Waals surface area contributed by atoms with E-state index >= 15 is 0 Å². The summed E-state index contributed by atoms with van der Waals surface area (Å²) in [6.07, 6.45) is -0.717. The zero-order chi connectivity index (χ0) is 11.6. The van der Waals surface area contributed by atoms with Gasteiger partial charge in [-0.25, -0.2) is 0 Å². The Morgan fingerprint density at radius 3 is 1.80 bits per heavy atom. The van der Waals surface area contributed by atoms with Gasteiger partial charge in [0.25, 0.3) is 0 Å². The van der Waals surface area contributed by atoms with Crippen LogP contribution < -0.4 is 34.9 Å². The summed E-state index contributed by atoms with van der Waals surface area (Å²) >= 11 is 0. The summed E-state index contributed by atoms with van der Waals surface area (Å²) in [7, 11) is -8.02. The van der Waals surface area contributed by atoms with E-state index in [0.29, 0.717) is 0 Å². The van der Waals surface area contributed by atoms with Crippen LogP contribution in [0.1, 0.15) is 7.85 Å². The first kappa shape index (κ1) is 18.6. The van der Waals surface area contributed by atoms with E-state index in [-0.39, 0.29) is 31.0 Å². The fraction of sp³-hybridized carbons (Fsp3) is 1.00. The molecule has 0 aliphatic heterocycles. The Labute approximate surface area is 110 Å². The van der Waals surface area contributed by atoms with Crippen LogP contribution in [0.2, 0.25) is 0 Å². The van der Waals surface area contributed by atoms with Gasteiger partial charge in [-0.1, -0.05) is 0 Å². The second-order valence-corrected chi connectivity index (χ2v) is 6.27. The van der Waals surface area contributed by atoms with E-state index in [9.17, 15) is 9.13 Å². The average Bonchev–Trinajstić information content (AvgIpc) is 1.95. The van der Waals surface area contributed by atoms with Gasteiger partial charge in [-0.05, 0) is 7.05 Å². The van der Waals surface area contributed by atoms with E-state index in [1.807, 2.05) is 0 Å². The molecule has 2 atom stereocenters. The fourth-order valence-electron chi connectivity index (χ4n) is 0.760. The molecule has 0 aliphatic rings. The van der Waals surface area contributed by atoms with Crippen LogP contribution in [-0.4, -0.2) is 43.4 Å². The molecule has 0 aliphatic carbocycles. The third-order valence-corrected chi connectivity index (χ3v) is 3.83. The molecule has 0 radical (unpaired) electrons. The van der Waals surface area contributed by atoms with Crippen molar-refractivity contribution in [2.45, 2.75) is 18.0 Å². The van der Waals surface area contributed by atoms with Crippen molar-refractivity contribution in [2.75, 3.05) is 7.05 Å². The molecule has 0 heterocycles. The first-order valence-corrected chi connectivity index (χ1v) is 6.91. The number of aliphatic hydroxyl groups is 1. The van der Waals surface area contributed by atoms with Gasteiger partial charge in [0.15, 0.2) is 5.85 Å². The van der Waals surface area contributed by atoms with Crippen LogP contribution in [0.5, 0.6) is 0 Å². The molecule has 0 aromatic heterocycles. The monoisotopic (exact) mass is 273 g/mol. The van der Waals surface area contributed by atoms with Gasteiger partial charge in [0, 0.05) is 6.42 Å². The average molecular weight is 273 g/mol. The fourth-order valence-corrected chi connectivity index (χ4v) is 2.22. The van der Waals surface area contributed by atoms with Crippen LogP contribution in [0.3, 0.4) is 0 Å². The van der Waals surface area contributed by atoms with Crippen molar-refractivity contribution < 1.29 is 64.8 Å².